The van der Waals surface area contributed by atoms with E-state index >= 15 is 0 Å². The summed E-state index contributed by atoms with van der Waals surface area (Å²) < 4.78 is 11.1. The topological polar surface area (TPSA) is 35.3 Å². The van der Waals surface area contributed by atoms with Crippen molar-refractivity contribution in [1.29, 1.82) is 0 Å². The monoisotopic (exact) mass is 319 g/mol. The minimum Gasteiger partial charge on any atom is -0.486 e. The molecule has 0 atom stereocenters. The van der Waals surface area contributed by atoms with Crippen molar-refractivity contribution >= 4 is 23.2 Å². The molecule has 3 rings (SSSR count). The van der Waals surface area contributed by atoms with Crippen molar-refractivity contribution in [1.82, 2.24) is 4.98 Å². The standard InChI is InChI=1S/C16H11Cl2NO2/c17-12-6-7-15(14(18)8-12)20-9-13-10-21-16(19-13)11-4-2-1-3-5-11/h1-8,10H,9H2. The highest BCUT2D eigenvalue weighted by Crippen LogP contribution is 2.28. The summed E-state index contributed by atoms with van der Waals surface area (Å²) in [4.78, 5) is 4.38. The van der Waals surface area contributed by atoms with Crippen LogP contribution < -0.4 is 4.74 Å². The Morgan fingerprint density at radius 3 is 2.62 bits per heavy atom. The minimum atomic E-state index is 0.275. The average Bonchev–Trinajstić information content (AvgIpc) is 2.96. The first kappa shape index (κ1) is 14.0. The van der Waals surface area contributed by atoms with E-state index < -0.39 is 0 Å². The molecule has 0 spiro atoms. The van der Waals surface area contributed by atoms with E-state index in [0.717, 1.165) is 5.56 Å². The van der Waals surface area contributed by atoms with Crippen molar-refractivity contribution in [2.45, 2.75) is 6.61 Å². The van der Waals surface area contributed by atoms with Gasteiger partial charge in [0.1, 0.15) is 24.3 Å². The van der Waals surface area contributed by atoms with Crippen LogP contribution >= 0.6 is 23.2 Å². The summed E-state index contributed by atoms with van der Waals surface area (Å²) in [5.74, 6) is 1.13. The van der Waals surface area contributed by atoms with E-state index in [1.165, 1.54) is 0 Å². The van der Waals surface area contributed by atoms with Crippen LogP contribution in [0.5, 0.6) is 5.75 Å². The lowest BCUT2D eigenvalue weighted by atomic mass is 10.2. The molecule has 1 aromatic heterocycles. The van der Waals surface area contributed by atoms with E-state index in [0.29, 0.717) is 27.4 Å². The molecule has 0 aliphatic carbocycles. The number of ether oxygens (including phenoxy) is 1. The number of rotatable bonds is 4. The van der Waals surface area contributed by atoms with Crippen molar-refractivity contribution in [2.75, 3.05) is 0 Å². The molecule has 0 unspecified atom stereocenters. The molecule has 3 aromatic rings. The van der Waals surface area contributed by atoms with Crippen molar-refractivity contribution < 1.29 is 9.15 Å². The van der Waals surface area contributed by atoms with Gasteiger partial charge in [0, 0.05) is 10.6 Å². The van der Waals surface area contributed by atoms with E-state index in [9.17, 15) is 0 Å². The largest absolute Gasteiger partial charge is 0.486 e. The summed E-state index contributed by atoms with van der Waals surface area (Å²) in [5, 5.41) is 1.04. The van der Waals surface area contributed by atoms with Crippen molar-refractivity contribution in [3.8, 4) is 17.2 Å². The second-order valence-electron chi connectivity index (χ2n) is 4.37. The van der Waals surface area contributed by atoms with Crippen LogP contribution in [-0.4, -0.2) is 4.98 Å². The molecular weight excluding hydrogens is 309 g/mol. The molecular formula is C16H11Cl2NO2. The smallest absolute Gasteiger partial charge is 0.226 e. The maximum atomic E-state index is 6.04. The van der Waals surface area contributed by atoms with E-state index in [1.807, 2.05) is 30.3 Å². The third-order valence-corrected chi connectivity index (χ3v) is 3.37. The maximum Gasteiger partial charge on any atom is 0.226 e. The van der Waals surface area contributed by atoms with Gasteiger partial charge >= 0.3 is 0 Å². The van der Waals surface area contributed by atoms with Crippen LogP contribution in [0.15, 0.2) is 59.2 Å². The van der Waals surface area contributed by atoms with Gasteiger partial charge < -0.3 is 9.15 Å². The molecule has 1 heterocycles. The highest BCUT2D eigenvalue weighted by Gasteiger charge is 2.08. The van der Waals surface area contributed by atoms with Gasteiger partial charge in [-0.15, -0.1) is 0 Å². The predicted molar refractivity (Wildman–Crippen MR) is 82.7 cm³/mol. The Morgan fingerprint density at radius 1 is 1.05 bits per heavy atom. The molecule has 5 heteroatoms. The molecule has 0 saturated heterocycles. The molecule has 0 bridgehead atoms. The van der Waals surface area contributed by atoms with E-state index in [4.69, 9.17) is 32.4 Å². The first-order chi connectivity index (χ1) is 10.2. The second-order valence-corrected chi connectivity index (χ2v) is 5.22. The number of hydrogen-bond acceptors (Lipinski definition) is 3. The molecule has 0 N–H and O–H groups in total. The van der Waals surface area contributed by atoms with Gasteiger partial charge in [-0.05, 0) is 30.3 Å². The zero-order valence-electron chi connectivity index (χ0n) is 10.9. The predicted octanol–water partition coefficient (Wildman–Crippen LogP) is 5.23. The van der Waals surface area contributed by atoms with Crippen LogP contribution in [0, 0.1) is 0 Å². The fraction of sp³-hybridized carbons (Fsp3) is 0.0625. The molecule has 0 saturated carbocycles. The van der Waals surface area contributed by atoms with Gasteiger partial charge in [-0.25, -0.2) is 4.98 Å². The van der Waals surface area contributed by atoms with Crippen LogP contribution in [0.25, 0.3) is 11.5 Å². The number of aromatic nitrogens is 1. The van der Waals surface area contributed by atoms with Gasteiger partial charge in [-0.1, -0.05) is 41.4 Å². The lowest BCUT2D eigenvalue weighted by Crippen LogP contribution is -1.96. The molecule has 2 aromatic carbocycles. The molecule has 0 aliphatic rings. The SMILES string of the molecule is Clc1ccc(OCc2coc(-c3ccccc3)n2)c(Cl)c1. The Hall–Kier alpha value is -1.97. The van der Waals surface area contributed by atoms with Crippen molar-refractivity contribution in [3.63, 3.8) is 0 Å². The molecule has 0 amide bonds. The first-order valence-corrected chi connectivity index (χ1v) is 7.05. The number of halogens is 2. The Balaban J connectivity index is 1.70. The Labute approximate surface area is 132 Å². The zero-order chi connectivity index (χ0) is 14.7. The summed E-state index contributed by atoms with van der Waals surface area (Å²) in [6.45, 7) is 0.275. The first-order valence-electron chi connectivity index (χ1n) is 6.30. The molecule has 0 radical (unpaired) electrons. The van der Waals surface area contributed by atoms with Crippen molar-refractivity contribution in [3.05, 3.63) is 70.5 Å². The summed E-state index contributed by atoms with van der Waals surface area (Å²) in [5.41, 5.74) is 1.62. The van der Waals surface area contributed by atoms with Gasteiger partial charge in [-0.3, -0.25) is 0 Å². The van der Waals surface area contributed by atoms with Crippen LogP contribution in [0.3, 0.4) is 0 Å². The Bertz CT molecular complexity index is 741. The van der Waals surface area contributed by atoms with Crippen LogP contribution in [0.1, 0.15) is 5.69 Å². The lowest BCUT2D eigenvalue weighted by molar-refractivity contribution is 0.301. The fourth-order valence-electron chi connectivity index (χ4n) is 1.83. The highest BCUT2D eigenvalue weighted by atomic mass is 35.5. The Kier molecular flexibility index (Phi) is 4.13. The van der Waals surface area contributed by atoms with Crippen LogP contribution in [0.2, 0.25) is 10.0 Å². The number of hydrogen-bond donors (Lipinski definition) is 0. The van der Waals surface area contributed by atoms with Crippen LogP contribution in [0.4, 0.5) is 0 Å². The van der Waals surface area contributed by atoms with E-state index in [-0.39, 0.29) is 6.61 Å². The number of nitrogens with zero attached hydrogens (tertiary/aromatic N) is 1. The molecule has 3 nitrogen and oxygen atoms in total. The second kappa shape index (κ2) is 6.20. The molecule has 106 valence electrons. The summed E-state index contributed by atoms with van der Waals surface area (Å²) in [6.07, 6.45) is 1.58. The zero-order valence-corrected chi connectivity index (χ0v) is 12.4. The van der Waals surface area contributed by atoms with Gasteiger partial charge in [0.2, 0.25) is 5.89 Å². The van der Waals surface area contributed by atoms with Gasteiger partial charge in [0.05, 0.1) is 5.02 Å². The Morgan fingerprint density at radius 2 is 1.86 bits per heavy atom. The number of benzene rings is 2. The third-order valence-electron chi connectivity index (χ3n) is 2.84. The normalized spacial score (nSPS) is 10.6. The summed E-state index contributed by atoms with van der Waals surface area (Å²) in [6, 6.07) is 14.8. The van der Waals surface area contributed by atoms with Crippen LogP contribution in [-0.2, 0) is 6.61 Å². The molecule has 21 heavy (non-hydrogen) atoms. The summed E-state index contributed by atoms with van der Waals surface area (Å²) in [7, 11) is 0. The molecule has 0 fully saturated rings. The van der Waals surface area contributed by atoms with Gasteiger partial charge in [0.15, 0.2) is 0 Å². The lowest BCUT2D eigenvalue weighted by Gasteiger charge is -2.05. The third kappa shape index (κ3) is 3.38. The highest BCUT2D eigenvalue weighted by molar-refractivity contribution is 6.35. The average molecular weight is 320 g/mol. The minimum absolute atomic E-state index is 0.275. The van der Waals surface area contributed by atoms with E-state index in [2.05, 4.69) is 4.98 Å². The molecule has 0 aliphatic heterocycles. The van der Waals surface area contributed by atoms with Gasteiger partial charge in [-0.2, -0.15) is 0 Å². The van der Waals surface area contributed by atoms with Gasteiger partial charge in [0.25, 0.3) is 0 Å². The van der Waals surface area contributed by atoms with E-state index in [1.54, 1.807) is 24.5 Å². The summed E-state index contributed by atoms with van der Waals surface area (Å²) >= 11 is 11.9. The maximum absolute atomic E-state index is 6.04. The fourth-order valence-corrected chi connectivity index (χ4v) is 2.29. The van der Waals surface area contributed by atoms with Crippen molar-refractivity contribution in [2.24, 2.45) is 0 Å². The quantitative estimate of drug-likeness (QED) is 0.660. The number of oxazole rings is 1.